The van der Waals surface area contributed by atoms with Gasteiger partial charge in [-0.05, 0) is 18.2 Å². The molecule has 5 rings (SSSR count). The van der Waals surface area contributed by atoms with Gasteiger partial charge in [-0.25, -0.2) is 0 Å². The van der Waals surface area contributed by atoms with Crippen molar-refractivity contribution in [3.8, 4) is 5.75 Å². The summed E-state index contributed by atoms with van der Waals surface area (Å²) in [6.07, 6.45) is 1.90. The Kier molecular flexibility index (Phi) is 2.12. The number of aromatic nitrogens is 3. The number of para-hydroxylation sites is 1. The van der Waals surface area contributed by atoms with E-state index in [0.29, 0.717) is 0 Å². The van der Waals surface area contributed by atoms with E-state index in [9.17, 15) is 0 Å². The zero-order valence-corrected chi connectivity index (χ0v) is 12.0. The lowest BCUT2D eigenvalue weighted by atomic mass is 10.1. The minimum Gasteiger partial charge on any atom is -0.496 e. The topological polar surface area (TPSA) is 53.7 Å². The smallest absolute Gasteiger partial charge is 0.130 e. The number of benzene rings is 2. The Morgan fingerprint density at radius 2 is 1.73 bits per heavy atom. The van der Waals surface area contributed by atoms with Crippen molar-refractivity contribution in [2.24, 2.45) is 0 Å². The Morgan fingerprint density at radius 1 is 0.864 bits per heavy atom. The zero-order chi connectivity index (χ0) is 14.7. The SMILES string of the molecule is COc1cccc2[nH]c3c(ncc4[nH]c5ccccc5c43)c12. The van der Waals surface area contributed by atoms with Crippen molar-refractivity contribution in [2.75, 3.05) is 7.11 Å². The van der Waals surface area contributed by atoms with Gasteiger partial charge in [0.25, 0.3) is 0 Å². The Balaban J connectivity index is 2.09. The maximum absolute atomic E-state index is 5.51. The average molecular weight is 287 g/mol. The standard InChI is InChI=1S/C18H13N3O/c1-22-14-8-4-7-12-16(14)17-18(21-12)15-10-5-2-3-6-11(10)20-13(15)9-19-17/h2-9,20-21H,1H3. The molecule has 3 aromatic heterocycles. The Morgan fingerprint density at radius 3 is 2.64 bits per heavy atom. The Hall–Kier alpha value is -3.01. The van der Waals surface area contributed by atoms with Crippen LogP contribution in [-0.4, -0.2) is 22.1 Å². The van der Waals surface area contributed by atoms with Crippen LogP contribution in [0.4, 0.5) is 0 Å². The summed E-state index contributed by atoms with van der Waals surface area (Å²) >= 11 is 0. The number of methoxy groups -OCH3 is 1. The molecule has 0 aliphatic rings. The number of nitrogens with zero attached hydrogens (tertiary/aromatic N) is 1. The maximum atomic E-state index is 5.51. The molecule has 3 heterocycles. The summed E-state index contributed by atoms with van der Waals surface area (Å²) in [6, 6.07) is 14.3. The number of fused-ring (bicyclic) bond motifs is 7. The van der Waals surface area contributed by atoms with Gasteiger partial charge in [0, 0.05) is 16.3 Å². The molecule has 0 radical (unpaired) electrons. The predicted molar refractivity (Wildman–Crippen MR) is 89.5 cm³/mol. The molecule has 0 spiro atoms. The Bertz CT molecular complexity index is 1170. The van der Waals surface area contributed by atoms with Gasteiger partial charge in [-0.2, -0.15) is 0 Å². The van der Waals surface area contributed by atoms with E-state index in [1.54, 1.807) is 7.11 Å². The lowest BCUT2D eigenvalue weighted by Crippen LogP contribution is -1.83. The third kappa shape index (κ3) is 1.34. The van der Waals surface area contributed by atoms with Crippen molar-refractivity contribution in [1.82, 2.24) is 15.0 Å². The molecule has 4 nitrogen and oxygen atoms in total. The zero-order valence-electron chi connectivity index (χ0n) is 12.0. The number of aromatic amines is 2. The van der Waals surface area contributed by atoms with Gasteiger partial charge in [-0.3, -0.25) is 4.98 Å². The van der Waals surface area contributed by atoms with Crippen molar-refractivity contribution < 1.29 is 4.74 Å². The summed E-state index contributed by atoms with van der Waals surface area (Å²) < 4.78 is 5.51. The van der Waals surface area contributed by atoms with Crippen molar-refractivity contribution in [1.29, 1.82) is 0 Å². The summed E-state index contributed by atoms with van der Waals surface area (Å²) in [4.78, 5) is 11.6. The molecular weight excluding hydrogens is 274 g/mol. The van der Waals surface area contributed by atoms with E-state index in [4.69, 9.17) is 4.74 Å². The highest BCUT2D eigenvalue weighted by Gasteiger charge is 2.15. The summed E-state index contributed by atoms with van der Waals surface area (Å²) in [6.45, 7) is 0. The van der Waals surface area contributed by atoms with E-state index in [2.05, 4.69) is 39.2 Å². The second-order valence-electron chi connectivity index (χ2n) is 5.45. The monoisotopic (exact) mass is 287 g/mol. The van der Waals surface area contributed by atoms with Gasteiger partial charge in [0.1, 0.15) is 11.3 Å². The number of hydrogen-bond acceptors (Lipinski definition) is 2. The first-order valence-corrected chi connectivity index (χ1v) is 7.20. The molecule has 2 aromatic carbocycles. The second kappa shape index (κ2) is 4.01. The number of nitrogens with one attached hydrogen (secondary N) is 2. The Labute approximate surface area is 125 Å². The molecule has 2 N–H and O–H groups in total. The van der Waals surface area contributed by atoms with Crippen LogP contribution in [0.25, 0.3) is 43.7 Å². The maximum Gasteiger partial charge on any atom is 0.130 e. The van der Waals surface area contributed by atoms with Gasteiger partial charge in [-0.1, -0.05) is 24.3 Å². The summed E-state index contributed by atoms with van der Waals surface area (Å²) in [5.74, 6) is 0.843. The lowest BCUT2D eigenvalue weighted by molar-refractivity contribution is 0.420. The van der Waals surface area contributed by atoms with E-state index in [1.165, 1.54) is 10.8 Å². The van der Waals surface area contributed by atoms with Crippen LogP contribution in [0.5, 0.6) is 5.75 Å². The molecule has 0 bridgehead atoms. The molecule has 4 heteroatoms. The largest absolute Gasteiger partial charge is 0.496 e. The molecule has 0 aliphatic heterocycles. The molecule has 0 atom stereocenters. The van der Waals surface area contributed by atoms with E-state index in [0.717, 1.165) is 38.7 Å². The second-order valence-corrected chi connectivity index (χ2v) is 5.45. The fourth-order valence-corrected chi connectivity index (χ4v) is 3.34. The third-order valence-electron chi connectivity index (χ3n) is 4.29. The molecule has 0 unspecified atom stereocenters. The van der Waals surface area contributed by atoms with Crippen molar-refractivity contribution >= 4 is 43.7 Å². The molecule has 22 heavy (non-hydrogen) atoms. The molecule has 0 saturated carbocycles. The minimum atomic E-state index is 0.843. The van der Waals surface area contributed by atoms with Gasteiger partial charge >= 0.3 is 0 Å². The highest BCUT2D eigenvalue weighted by molar-refractivity contribution is 6.23. The molecule has 106 valence electrons. The van der Waals surface area contributed by atoms with E-state index in [-0.39, 0.29) is 0 Å². The summed E-state index contributed by atoms with van der Waals surface area (Å²) in [5, 5.41) is 3.42. The fraction of sp³-hybridized carbons (Fsp3) is 0.0556. The van der Waals surface area contributed by atoms with Crippen LogP contribution >= 0.6 is 0 Å². The summed E-state index contributed by atoms with van der Waals surface area (Å²) in [7, 11) is 1.69. The molecule has 0 fully saturated rings. The molecule has 5 aromatic rings. The van der Waals surface area contributed by atoms with Gasteiger partial charge in [-0.15, -0.1) is 0 Å². The number of rotatable bonds is 1. The summed E-state index contributed by atoms with van der Waals surface area (Å²) in [5.41, 5.74) is 5.20. The molecule has 0 amide bonds. The van der Waals surface area contributed by atoms with Gasteiger partial charge in [0.2, 0.25) is 0 Å². The fourth-order valence-electron chi connectivity index (χ4n) is 3.34. The first-order chi connectivity index (χ1) is 10.9. The number of ether oxygens (including phenoxy) is 1. The van der Waals surface area contributed by atoms with Crippen molar-refractivity contribution in [3.63, 3.8) is 0 Å². The number of pyridine rings is 1. The van der Waals surface area contributed by atoms with E-state index in [1.807, 2.05) is 24.4 Å². The average Bonchev–Trinajstić information content (AvgIpc) is 3.11. The highest BCUT2D eigenvalue weighted by atomic mass is 16.5. The predicted octanol–water partition coefficient (Wildman–Crippen LogP) is 4.36. The normalized spacial score (nSPS) is 11.9. The number of hydrogen-bond donors (Lipinski definition) is 2. The van der Waals surface area contributed by atoms with Gasteiger partial charge in [0.05, 0.1) is 35.2 Å². The van der Waals surface area contributed by atoms with Crippen LogP contribution in [0.3, 0.4) is 0 Å². The first-order valence-electron chi connectivity index (χ1n) is 7.20. The van der Waals surface area contributed by atoms with Gasteiger partial charge in [0.15, 0.2) is 0 Å². The highest BCUT2D eigenvalue weighted by Crippen LogP contribution is 2.37. The van der Waals surface area contributed by atoms with Crippen LogP contribution in [-0.2, 0) is 0 Å². The van der Waals surface area contributed by atoms with Gasteiger partial charge < -0.3 is 14.7 Å². The quantitative estimate of drug-likeness (QED) is 0.481. The van der Waals surface area contributed by atoms with Crippen LogP contribution in [0.15, 0.2) is 48.7 Å². The lowest BCUT2D eigenvalue weighted by Gasteiger charge is -2.00. The van der Waals surface area contributed by atoms with E-state index < -0.39 is 0 Å². The van der Waals surface area contributed by atoms with Crippen LogP contribution in [0.1, 0.15) is 0 Å². The minimum absolute atomic E-state index is 0.843. The van der Waals surface area contributed by atoms with E-state index >= 15 is 0 Å². The number of H-pyrrole nitrogens is 2. The van der Waals surface area contributed by atoms with Crippen molar-refractivity contribution in [2.45, 2.75) is 0 Å². The molecular formula is C18H13N3O. The molecule has 0 aliphatic carbocycles. The van der Waals surface area contributed by atoms with Crippen LogP contribution in [0, 0.1) is 0 Å². The van der Waals surface area contributed by atoms with Crippen molar-refractivity contribution in [3.05, 3.63) is 48.7 Å². The molecule has 0 saturated heterocycles. The first kappa shape index (κ1) is 11.6. The van der Waals surface area contributed by atoms with Crippen LogP contribution in [0.2, 0.25) is 0 Å². The van der Waals surface area contributed by atoms with Crippen LogP contribution < -0.4 is 4.74 Å². The third-order valence-corrected chi connectivity index (χ3v) is 4.29.